The van der Waals surface area contributed by atoms with Crippen LogP contribution in [0, 0.1) is 5.82 Å². The lowest BCUT2D eigenvalue weighted by Gasteiger charge is -2.14. The Morgan fingerprint density at radius 2 is 1.90 bits per heavy atom. The van der Waals surface area contributed by atoms with Crippen LogP contribution in [0.1, 0.15) is 27.6 Å². The predicted molar refractivity (Wildman–Crippen MR) is 106 cm³/mol. The van der Waals surface area contributed by atoms with E-state index in [1.807, 2.05) is 0 Å². The summed E-state index contributed by atoms with van der Waals surface area (Å²) in [6.45, 7) is 2.08. The number of primary amides is 1. The number of nitrogens with one attached hydrogen (secondary N) is 1. The molecule has 0 saturated carbocycles. The highest BCUT2D eigenvalue weighted by atomic mass is 19.1. The van der Waals surface area contributed by atoms with Gasteiger partial charge in [0.15, 0.2) is 11.6 Å². The van der Waals surface area contributed by atoms with E-state index in [1.165, 1.54) is 37.6 Å². The quantitative estimate of drug-likeness (QED) is 0.547. The molecule has 1 heterocycles. The minimum Gasteiger partial charge on any atom is -0.496 e. The van der Waals surface area contributed by atoms with Crippen molar-refractivity contribution < 1.29 is 23.5 Å². The highest BCUT2D eigenvalue weighted by Crippen LogP contribution is 2.36. The molecule has 0 bridgehead atoms. The molecule has 29 heavy (non-hydrogen) atoms. The molecule has 2 aromatic carbocycles. The SMILES string of the molecule is CCNC(=O)c1ccc(Oc2ccnc3cc(OC)c(C(N)=O)cc23)c(N)c1F. The summed E-state index contributed by atoms with van der Waals surface area (Å²) in [6.07, 6.45) is 1.48. The summed E-state index contributed by atoms with van der Waals surface area (Å²) in [5, 5.41) is 2.97. The number of amides is 2. The molecule has 0 fully saturated rings. The van der Waals surface area contributed by atoms with E-state index in [9.17, 15) is 14.0 Å². The van der Waals surface area contributed by atoms with Crippen molar-refractivity contribution in [3.63, 3.8) is 0 Å². The number of nitrogen functional groups attached to an aromatic ring is 1. The van der Waals surface area contributed by atoms with Crippen molar-refractivity contribution in [2.75, 3.05) is 19.4 Å². The Morgan fingerprint density at radius 1 is 1.14 bits per heavy atom. The summed E-state index contributed by atoms with van der Waals surface area (Å²) in [6, 6.07) is 7.24. The fourth-order valence-electron chi connectivity index (χ4n) is 2.81. The van der Waals surface area contributed by atoms with Gasteiger partial charge in [-0.3, -0.25) is 14.6 Å². The molecule has 3 rings (SSSR count). The Bertz CT molecular complexity index is 1120. The Labute approximate surface area is 165 Å². The molecule has 3 aromatic rings. The lowest BCUT2D eigenvalue weighted by atomic mass is 10.1. The van der Waals surface area contributed by atoms with Gasteiger partial charge in [-0.15, -0.1) is 0 Å². The number of hydrogen-bond donors (Lipinski definition) is 3. The fraction of sp³-hybridized carbons (Fsp3) is 0.150. The van der Waals surface area contributed by atoms with Crippen LogP contribution in [-0.2, 0) is 0 Å². The van der Waals surface area contributed by atoms with Gasteiger partial charge in [0.1, 0.15) is 17.2 Å². The first kappa shape index (κ1) is 19.9. The van der Waals surface area contributed by atoms with Crippen molar-refractivity contribution in [1.82, 2.24) is 10.3 Å². The molecule has 9 heteroatoms. The molecule has 1 aromatic heterocycles. The molecule has 5 N–H and O–H groups in total. The van der Waals surface area contributed by atoms with Gasteiger partial charge >= 0.3 is 0 Å². The van der Waals surface area contributed by atoms with Gasteiger partial charge in [-0.2, -0.15) is 0 Å². The van der Waals surface area contributed by atoms with E-state index in [1.54, 1.807) is 13.0 Å². The van der Waals surface area contributed by atoms with E-state index in [4.69, 9.17) is 20.9 Å². The molecule has 0 atom stereocenters. The van der Waals surface area contributed by atoms with E-state index >= 15 is 0 Å². The van der Waals surface area contributed by atoms with Crippen LogP contribution in [0.25, 0.3) is 10.9 Å². The molecule has 8 nitrogen and oxygen atoms in total. The lowest BCUT2D eigenvalue weighted by molar-refractivity contribution is 0.0950. The smallest absolute Gasteiger partial charge is 0.254 e. The van der Waals surface area contributed by atoms with Crippen molar-refractivity contribution in [2.24, 2.45) is 5.73 Å². The number of fused-ring (bicyclic) bond motifs is 1. The number of pyridine rings is 1. The molecule has 0 aliphatic heterocycles. The number of hydrogen-bond acceptors (Lipinski definition) is 6. The summed E-state index contributed by atoms with van der Waals surface area (Å²) in [5.74, 6) is -1.58. The number of ether oxygens (including phenoxy) is 2. The van der Waals surface area contributed by atoms with E-state index in [2.05, 4.69) is 10.3 Å². The number of rotatable bonds is 6. The monoisotopic (exact) mass is 398 g/mol. The van der Waals surface area contributed by atoms with E-state index in [0.29, 0.717) is 17.4 Å². The Morgan fingerprint density at radius 3 is 2.55 bits per heavy atom. The van der Waals surface area contributed by atoms with Crippen LogP contribution in [0.4, 0.5) is 10.1 Å². The average molecular weight is 398 g/mol. The summed E-state index contributed by atoms with van der Waals surface area (Å²) in [4.78, 5) is 27.9. The topological polar surface area (TPSA) is 130 Å². The molecule has 0 aliphatic carbocycles. The molecule has 0 unspecified atom stereocenters. The molecule has 0 aliphatic rings. The van der Waals surface area contributed by atoms with Gasteiger partial charge in [0, 0.05) is 24.2 Å². The highest BCUT2D eigenvalue weighted by molar-refractivity contribution is 6.01. The van der Waals surface area contributed by atoms with E-state index < -0.39 is 17.6 Å². The number of halogens is 1. The number of carbonyl (C=O) groups is 2. The maximum atomic E-state index is 14.6. The minimum absolute atomic E-state index is 0.0134. The number of nitrogens with two attached hydrogens (primary N) is 2. The number of anilines is 1. The van der Waals surface area contributed by atoms with Crippen molar-refractivity contribution in [3.8, 4) is 17.2 Å². The molecular formula is C20H19FN4O4. The molecular weight excluding hydrogens is 379 g/mol. The Kier molecular flexibility index (Phi) is 5.49. The zero-order valence-electron chi connectivity index (χ0n) is 15.8. The third-order valence-electron chi connectivity index (χ3n) is 4.23. The Hall–Kier alpha value is -3.88. The zero-order chi connectivity index (χ0) is 21.1. The van der Waals surface area contributed by atoms with Crippen LogP contribution in [0.15, 0.2) is 36.5 Å². The molecule has 0 radical (unpaired) electrons. The van der Waals surface area contributed by atoms with Crippen molar-refractivity contribution in [2.45, 2.75) is 6.92 Å². The number of methoxy groups -OCH3 is 1. The van der Waals surface area contributed by atoms with Crippen molar-refractivity contribution in [1.29, 1.82) is 0 Å². The number of benzene rings is 2. The molecule has 2 amide bonds. The first-order valence-corrected chi connectivity index (χ1v) is 8.68. The Balaban J connectivity index is 2.06. The maximum absolute atomic E-state index is 14.6. The third kappa shape index (κ3) is 3.75. The number of nitrogens with zero attached hydrogens (tertiary/aromatic N) is 1. The summed E-state index contributed by atoms with van der Waals surface area (Å²) < 4.78 is 25.5. The standard InChI is InChI=1S/C20H19FN4O4/c1-3-24-20(27)10-4-5-15(18(22)17(10)21)29-14-6-7-25-13-9-16(28-2)12(19(23)26)8-11(13)14/h4-9H,3,22H2,1-2H3,(H2,23,26)(H,24,27). The predicted octanol–water partition coefficient (Wildman–Crippen LogP) is 2.61. The highest BCUT2D eigenvalue weighted by Gasteiger charge is 2.19. The molecule has 150 valence electrons. The van der Waals surface area contributed by atoms with Crippen molar-refractivity contribution in [3.05, 3.63) is 53.5 Å². The van der Waals surface area contributed by atoms with Gasteiger partial charge in [-0.25, -0.2) is 4.39 Å². The van der Waals surface area contributed by atoms with Gasteiger partial charge in [0.05, 0.1) is 23.8 Å². The maximum Gasteiger partial charge on any atom is 0.254 e. The first-order chi connectivity index (χ1) is 13.9. The van der Waals surface area contributed by atoms with Crippen LogP contribution in [-0.4, -0.2) is 30.5 Å². The summed E-state index contributed by atoms with van der Waals surface area (Å²) >= 11 is 0. The van der Waals surface area contributed by atoms with Crippen LogP contribution >= 0.6 is 0 Å². The van der Waals surface area contributed by atoms with Gasteiger partial charge in [-0.1, -0.05) is 0 Å². The lowest BCUT2D eigenvalue weighted by Crippen LogP contribution is -2.24. The van der Waals surface area contributed by atoms with Gasteiger partial charge < -0.3 is 26.3 Å². The summed E-state index contributed by atoms with van der Waals surface area (Å²) in [7, 11) is 1.41. The largest absolute Gasteiger partial charge is 0.496 e. The van der Waals surface area contributed by atoms with E-state index in [0.717, 1.165) is 0 Å². The van der Waals surface area contributed by atoms with Crippen LogP contribution in [0.5, 0.6) is 17.2 Å². The van der Waals surface area contributed by atoms with Gasteiger partial charge in [0.25, 0.3) is 11.8 Å². The van der Waals surface area contributed by atoms with Crippen LogP contribution in [0.2, 0.25) is 0 Å². The number of carbonyl (C=O) groups excluding carboxylic acids is 2. The molecule has 0 saturated heterocycles. The summed E-state index contributed by atoms with van der Waals surface area (Å²) in [5.41, 5.74) is 11.4. The van der Waals surface area contributed by atoms with Gasteiger partial charge in [-0.05, 0) is 31.2 Å². The fourth-order valence-corrected chi connectivity index (χ4v) is 2.81. The third-order valence-corrected chi connectivity index (χ3v) is 4.23. The average Bonchev–Trinajstić information content (AvgIpc) is 2.70. The normalized spacial score (nSPS) is 10.6. The van der Waals surface area contributed by atoms with Gasteiger partial charge in [0.2, 0.25) is 0 Å². The van der Waals surface area contributed by atoms with Crippen LogP contribution < -0.4 is 26.3 Å². The molecule has 0 spiro atoms. The minimum atomic E-state index is -0.883. The van der Waals surface area contributed by atoms with E-state index in [-0.39, 0.29) is 34.1 Å². The van der Waals surface area contributed by atoms with Crippen molar-refractivity contribution >= 4 is 28.4 Å². The number of aromatic nitrogens is 1. The second-order valence-corrected chi connectivity index (χ2v) is 6.04. The second kappa shape index (κ2) is 8.01. The first-order valence-electron chi connectivity index (χ1n) is 8.68. The second-order valence-electron chi connectivity index (χ2n) is 6.04. The van der Waals surface area contributed by atoms with Crippen LogP contribution in [0.3, 0.4) is 0 Å². The zero-order valence-corrected chi connectivity index (χ0v) is 15.8.